The number of nitrogens with one attached hydrogen (secondary N) is 2. The number of alkyl carbamates (subject to hydrolysis) is 1. The Morgan fingerprint density at radius 2 is 1.77 bits per heavy atom. The summed E-state index contributed by atoms with van der Waals surface area (Å²) in [6, 6.07) is 11.8. The number of hydrogen-bond donors (Lipinski definition) is 2. The molecule has 2 aromatic carbocycles. The van der Waals surface area contributed by atoms with Crippen LogP contribution < -0.4 is 15.4 Å². The van der Waals surface area contributed by atoms with Gasteiger partial charge < -0.3 is 25.0 Å². The molecule has 3 amide bonds. The lowest BCUT2D eigenvalue weighted by atomic mass is 10.0. The van der Waals surface area contributed by atoms with E-state index >= 15 is 0 Å². The van der Waals surface area contributed by atoms with E-state index in [0.29, 0.717) is 34.7 Å². The maximum atomic E-state index is 14.0. The Balaban J connectivity index is 2.48. The van der Waals surface area contributed by atoms with Crippen molar-refractivity contribution < 1.29 is 23.9 Å². The van der Waals surface area contributed by atoms with Crippen LogP contribution in [0.1, 0.15) is 44.4 Å². The summed E-state index contributed by atoms with van der Waals surface area (Å²) < 4.78 is 10.6. The number of benzene rings is 2. The Morgan fingerprint density at radius 1 is 1.13 bits per heavy atom. The molecule has 9 heteroatoms. The highest BCUT2D eigenvalue weighted by molar-refractivity contribution is 7.98. The molecular formula is C30H37N3O5S. The van der Waals surface area contributed by atoms with Crippen molar-refractivity contribution in [3.05, 3.63) is 72.3 Å². The van der Waals surface area contributed by atoms with E-state index in [1.807, 2.05) is 6.26 Å². The van der Waals surface area contributed by atoms with Crippen LogP contribution in [-0.2, 0) is 14.3 Å². The third-order valence-electron chi connectivity index (χ3n) is 5.52. The van der Waals surface area contributed by atoms with Gasteiger partial charge in [0, 0.05) is 17.8 Å². The van der Waals surface area contributed by atoms with Crippen LogP contribution in [0.25, 0.3) is 0 Å². The minimum absolute atomic E-state index is 0.0577. The van der Waals surface area contributed by atoms with Crippen molar-refractivity contribution in [2.75, 3.05) is 31.0 Å². The predicted molar refractivity (Wildman–Crippen MR) is 157 cm³/mol. The van der Waals surface area contributed by atoms with Gasteiger partial charge in [-0.3, -0.25) is 9.59 Å². The van der Waals surface area contributed by atoms with Crippen molar-refractivity contribution in [1.29, 1.82) is 0 Å². The molecule has 2 aromatic rings. The smallest absolute Gasteiger partial charge is 0.408 e. The highest BCUT2D eigenvalue weighted by Crippen LogP contribution is 2.26. The fourth-order valence-electron chi connectivity index (χ4n) is 3.72. The zero-order valence-corrected chi connectivity index (χ0v) is 24.0. The van der Waals surface area contributed by atoms with Gasteiger partial charge in [0.25, 0.3) is 5.91 Å². The van der Waals surface area contributed by atoms with Gasteiger partial charge in [-0.05, 0) is 81.2 Å². The summed E-state index contributed by atoms with van der Waals surface area (Å²) in [4.78, 5) is 41.8. The van der Waals surface area contributed by atoms with Crippen LogP contribution in [0.4, 0.5) is 10.5 Å². The van der Waals surface area contributed by atoms with Crippen molar-refractivity contribution in [2.45, 2.75) is 44.9 Å². The first-order chi connectivity index (χ1) is 18.5. The fraction of sp³-hybridized carbons (Fsp3) is 0.367. The summed E-state index contributed by atoms with van der Waals surface area (Å²) in [5, 5.41) is 5.59. The van der Waals surface area contributed by atoms with Crippen LogP contribution in [0, 0.1) is 12.3 Å². The normalized spacial score (nSPS) is 12.3. The molecule has 0 bridgehead atoms. The number of ether oxygens (including phenoxy) is 2. The lowest BCUT2D eigenvalue weighted by Crippen LogP contribution is -2.52. The molecule has 8 nitrogen and oxygen atoms in total. The third kappa shape index (κ3) is 9.73. The lowest BCUT2D eigenvalue weighted by molar-refractivity contribution is -0.140. The molecule has 0 spiro atoms. The van der Waals surface area contributed by atoms with Crippen molar-refractivity contribution in [3.63, 3.8) is 0 Å². The zero-order chi connectivity index (χ0) is 29.0. The van der Waals surface area contributed by atoms with E-state index in [0.717, 1.165) is 0 Å². The molecule has 0 aliphatic carbocycles. The largest absolute Gasteiger partial charge is 0.497 e. The van der Waals surface area contributed by atoms with E-state index < -0.39 is 35.6 Å². The van der Waals surface area contributed by atoms with Crippen LogP contribution in [0.5, 0.6) is 5.75 Å². The van der Waals surface area contributed by atoms with Crippen molar-refractivity contribution in [1.82, 2.24) is 10.2 Å². The van der Waals surface area contributed by atoms with Gasteiger partial charge in [0.15, 0.2) is 0 Å². The number of carbonyl (C=O) groups is 3. The fourth-order valence-corrected chi connectivity index (χ4v) is 4.20. The molecule has 0 heterocycles. The second-order valence-electron chi connectivity index (χ2n) is 9.65. The third-order valence-corrected chi connectivity index (χ3v) is 6.16. The highest BCUT2D eigenvalue weighted by atomic mass is 32.2. The first-order valence-electron chi connectivity index (χ1n) is 12.4. The summed E-state index contributed by atoms with van der Waals surface area (Å²) >= 11 is 1.54. The number of carbonyl (C=O) groups excluding carboxylic acids is 3. The molecule has 2 atom stereocenters. The summed E-state index contributed by atoms with van der Waals surface area (Å²) in [5.41, 5.74) is 0.982. The van der Waals surface area contributed by atoms with E-state index in [2.05, 4.69) is 23.1 Å². The Hall–Kier alpha value is -3.90. The van der Waals surface area contributed by atoms with Crippen LogP contribution in [0.15, 0.2) is 61.2 Å². The number of hydrogen-bond acceptors (Lipinski definition) is 6. The number of methoxy groups -OCH3 is 1. The second kappa shape index (κ2) is 14.9. The molecule has 39 heavy (non-hydrogen) atoms. The van der Waals surface area contributed by atoms with Crippen molar-refractivity contribution in [3.8, 4) is 18.1 Å². The van der Waals surface area contributed by atoms with Gasteiger partial charge in [0.2, 0.25) is 5.91 Å². The average molecular weight is 552 g/mol. The molecular weight excluding hydrogens is 514 g/mol. The number of terminal acetylenes is 1. The van der Waals surface area contributed by atoms with Gasteiger partial charge in [-0.2, -0.15) is 11.8 Å². The van der Waals surface area contributed by atoms with Gasteiger partial charge in [0.1, 0.15) is 23.4 Å². The topological polar surface area (TPSA) is 97.0 Å². The van der Waals surface area contributed by atoms with E-state index in [4.69, 9.17) is 15.9 Å². The molecule has 0 aliphatic heterocycles. The molecule has 2 rings (SSSR count). The maximum Gasteiger partial charge on any atom is 0.408 e. The molecule has 0 aliphatic rings. The lowest BCUT2D eigenvalue weighted by Gasteiger charge is -2.34. The van der Waals surface area contributed by atoms with E-state index in [9.17, 15) is 14.4 Å². The van der Waals surface area contributed by atoms with Gasteiger partial charge in [0.05, 0.1) is 7.11 Å². The predicted octanol–water partition coefficient (Wildman–Crippen LogP) is 5.02. The number of thioether (sulfide) groups is 1. The Morgan fingerprint density at radius 3 is 2.28 bits per heavy atom. The minimum atomic E-state index is -1.04. The van der Waals surface area contributed by atoms with Gasteiger partial charge in [-0.1, -0.05) is 24.1 Å². The van der Waals surface area contributed by atoms with Gasteiger partial charge >= 0.3 is 6.09 Å². The molecule has 0 saturated carbocycles. The van der Waals surface area contributed by atoms with Gasteiger partial charge in [-0.15, -0.1) is 13.0 Å². The number of rotatable bonds is 12. The van der Waals surface area contributed by atoms with Crippen LogP contribution in [-0.4, -0.2) is 60.1 Å². The molecule has 2 unspecified atom stereocenters. The van der Waals surface area contributed by atoms with Crippen LogP contribution in [0.3, 0.4) is 0 Å². The highest BCUT2D eigenvalue weighted by Gasteiger charge is 2.35. The quantitative estimate of drug-likeness (QED) is 0.284. The van der Waals surface area contributed by atoms with Crippen molar-refractivity contribution in [2.24, 2.45) is 0 Å². The first-order valence-corrected chi connectivity index (χ1v) is 13.8. The van der Waals surface area contributed by atoms with E-state index in [1.54, 1.807) is 94.2 Å². The summed E-state index contributed by atoms with van der Waals surface area (Å²) in [5.74, 6) is 2.93. The zero-order valence-electron chi connectivity index (χ0n) is 23.2. The molecule has 0 radical (unpaired) electrons. The SMILES string of the molecule is C#Cc1ccc(C(C(=O)Nc2ccc(OC)cc2)N(CC=C)C(=O)C(CCSC)NC(=O)OC(C)(C)C)cc1. The monoisotopic (exact) mass is 551 g/mol. The van der Waals surface area contributed by atoms with Gasteiger partial charge in [-0.25, -0.2) is 4.79 Å². The Labute approximate surface area is 235 Å². The number of amides is 3. The Kier molecular flexibility index (Phi) is 12.0. The molecule has 2 N–H and O–H groups in total. The second-order valence-corrected chi connectivity index (χ2v) is 10.6. The summed E-state index contributed by atoms with van der Waals surface area (Å²) in [6.07, 6.45) is 8.61. The molecule has 208 valence electrons. The van der Waals surface area contributed by atoms with Crippen molar-refractivity contribution >= 4 is 35.4 Å². The first kappa shape index (κ1) is 31.3. The molecule has 0 aromatic heterocycles. The van der Waals surface area contributed by atoms with Crippen LogP contribution >= 0.6 is 11.8 Å². The molecule has 0 fully saturated rings. The number of anilines is 1. The number of nitrogens with zero attached hydrogens (tertiary/aromatic N) is 1. The maximum absolute atomic E-state index is 14.0. The average Bonchev–Trinajstić information content (AvgIpc) is 2.90. The van der Waals surface area contributed by atoms with Crippen LogP contribution in [0.2, 0.25) is 0 Å². The van der Waals surface area contributed by atoms with E-state index in [-0.39, 0.29) is 6.54 Å². The summed E-state index contributed by atoms with van der Waals surface area (Å²) in [7, 11) is 1.56. The van der Waals surface area contributed by atoms with E-state index in [1.165, 1.54) is 4.90 Å². The Bertz CT molecular complexity index is 1170. The minimum Gasteiger partial charge on any atom is -0.497 e. The standard InChI is InChI=1S/C30H37N3O5S/c1-8-19-33(28(35)25(18-20-39-7)32-29(36)38-30(3,4)5)26(22-12-10-21(9-2)11-13-22)27(34)31-23-14-16-24(37-6)17-15-23/h2,8,10-17,25-26H,1,18-20H2,3-7H3,(H,31,34)(H,32,36). The molecule has 0 saturated heterocycles. The summed E-state index contributed by atoms with van der Waals surface area (Å²) in [6.45, 7) is 9.09.